The molecule has 1 rings (SSSR count). The Kier molecular flexibility index (Phi) is 3.28. The molecule has 0 saturated carbocycles. The molecule has 1 unspecified atom stereocenters. The van der Waals surface area contributed by atoms with Gasteiger partial charge in [0.15, 0.2) is 0 Å². The van der Waals surface area contributed by atoms with E-state index in [0.717, 1.165) is 12.8 Å². The van der Waals surface area contributed by atoms with Crippen LogP contribution in [0.4, 0.5) is 0 Å². The molecule has 2 heteroatoms. The van der Waals surface area contributed by atoms with E-state index in [1.165, 1.54) is 0 Å². The zero-order valence-corrected chi connectivity index (χ0v) is 8.75. The molecule has 0 N–H and O–H groups in total. The summed E-state index contributed by atoms with van der Waals surface area (Å²) in [6.07, 6.45) is 9.36. The molecule has 2 nitrogen and oxygen atoms in total. The molecule has 0 radical (unpaired) electrons. The van der Waals surface area contributed by atoms with Crippen LogP contribution < -0.4 is 0 Å². The van der Waals surface area contributed by atoms with Crippen LogP contribution in [0.1, 0.15) is 26.7 Å². The largest absolute Gasteiger partial charge is 0.451 e. The third-order valence-electron chi connectivity index (χ3n) is 2.35. The SMILES string of the molecule is C=C(C)C(=O)OC1(CC)C=CC=CC1. The van der Waals surface area contributed by atoms with Gasteiger partial charge in [-0.05, 0) is 19.4 Å². The summed E-state index contributed by atoms with van der Waals surface area (Å²) in [7, 11) is 0. The van der Waals surface area contributed by atoms with Crippen LogP contribution in [0.25, 0.3) is 0 Å². The van der Waals surface area contributed by atoms with Gasteiger partial charge >= 0.3 is 5.97 Å². The van der Waals surface area contributed by atoms with Gasteiger partial charge in [0.1, 0.15) is 5.60 Å². The van der Waals surface area contributed by atoms with Gasteiger partial charge in [-0.1, -0.05) is 31.7 Å². The van der Waals surface area contributed by atoms with Crippen LogP contribution in [0.5, 0.6) is 0 Å². The molecule has 0 aromatic carbocycles. The average Bonchev–Trinajstić information content (AvgIpc) is 2.19. The second-order valence-electron chi connectivity index (χ2n) is 3.58. The van der Waals surface area contributed by atoms with Crippen LogP contribution in [-0.2, 0) is 9.53 Å². The molecule has 0 aromatic heterocycles. The van der Waals surface area contributed by atoms with Gasteiger partial charge in [-0.2, -0.15) is 0 Å². The van der Waals surface area contributed by atoms with E-state index >= 15 is 0 Å². The lowest BCUT2D eigenvalue weighted by atomic mass is 9.92. The predicted molar refractivity (Wildman–Crippen MR) is 56.8 cm³/mol. The predicted octanol–water partition coefficient (Wildman–Crippen LogP) is 2.77. The van der Waals surface area contributed by atoms with Crippen molar-refractivity contribution in [3.05, 3.63) is 36.5 Å². The van der Waals surface area contributed by atoms with E-state index in [0.29, 0.717) is 5.57 Å². The number of carbonyl (C=O) groups is 1. The first kappa shape index (κ1) is 10.8. The van der Waals surface area contributed by atoms with Gasteiger partial charge in [0, 0.05) is 12.0 Å². The van der Waals surface area contributed by atoms with Crippen molar-refractivity contribution >= 4 is 5.97 Å². The molecule has 1 aliphatic carbocycles. The quantitative estimate of drug-likeness (QED) is 0.507. The van der Waals surface area contributed by atoms with Crippen molar-refractivity contribution < 1.29 is 9.53 Å². The van der Waals surface area contributed by atoms with Gasteiger partial charge in [0.25, 0.3) is 0 Å². The van der Waals surface area contributed by atoms with Gasteiger partial charge in [-0.3, -0.25) is 0 Å². The smallest absolute Gasteiger partial charge is 0.333 e. The van der Waals surface area contributed by atoms with Crippen LogP contribution in [0.2, 0.25) is 0 Å². The Morgan fingerprint density at radius 1 is 1.57 bits per heavy atom. The van der Waals surface area contributed by atoms with E-state index < -0.39 is 5.60 Å². The molecular weight excluding hydrogens is 176 g/mol. The maximum absolute atomic E-state index is 11.4. The van der Waals surface area contributed by atoms with Crippen molar-refractivity contribution in [2.24, 2.45) is 0 Å². The Morgan fingerprint density at radius 3 is 2.71 bits per heavy atom. The lowest BCUT2D eigenvalue weighted by Gasteiger charge is -2.29. The first-order chi connectivity index (χ1) is 6.59. The third kappa shape index (κ3) is 2.34. The summed E-state index contributed by atoms with van der Waals surface area (Å²) >= 11 is 0. The third-order valence-corrected chi connectivity index (χ3v) is 2.35. The van der Waals surface area contributed by atoms with Crippen molar-refractivity contribution in [1.82, 2.24) is 0 Å². The topological polar surface area (TPSA) is 26.3 Å². The van der Waals surface area contributed by atoms with E-state index in [1.54, 1.807) is 6.92 Å². The lowest BCUT2D eigenvalue weighted by molar-refractivity contribution is -0.150. The Balaban J connectivity index is 2.72. The van der Waals surface area contributed by atoms with E-state index in [9.17, 15) is 4.79 Å². The Hall–Kier alpha value is -1.31. The standard InChI is InChI=1S/C12H16O2/c1-4-12(8-6-5-7-9-12)14-11(13)10(2)3/h5-8H,2,4,9H2,1,3H3. The number of carbonyl (C=O) groups excluding carboxylic acids is 1. The maximum Gasteiger partial charge on any atom is 0.333 e. The van der Waals surface area contributed by atoms with Gasteiger partial charge in [0.2, 0.25) is 0 Å². The van der Waals surface area contributed by atoms with Gasteiger partial charge in [-0.25, -0.2) is 4.79 Å². The van der Waals surface area contributed by atoms with Gasteiger partial charge < -0.3 is 4.74 Å². The van der Waals surface area contributed by atoms with Crippen LogP contribution in [0.3, 0.4) is 0 Å². The summed E-state index contributed by atoms with van der Waals surface area (Å²) in [5.74, 6) is -0.313. The molecule has 76 valence electrons. The number of esters is 1. The molecule has 1 atom stereocenters. The van der Waals surface area contributed by atoms with Crippen LogP contribution in [0, 0.1) is 0 Å². The average molecular weight is 192 g/mol. The highest BCUT2D eigenvalue weighted by Crippen LogP contribution is 2.26. The van der Waals surface area contributed by atoms with Crippen molar-refractivity contribution in [1.29, 1.82) is 0 Å². The molecule has 0 aromatic rings. The second kappa shape index (κ2) is 4.27. The second-order valence-corrected chi connectivity index (χ2v) is 3.58. The van der Waals surface area contributed by atoms with E-state index in [1.807, 2.05) is 31.2 Å². The normalized spacial score (nSPS) is 24.7. The minimum atomic E-state index is -0.454. The zero-order chi connectivity index (χ0) is 10.6. The van der Waals surface area contributed by atoms with E-state index in [4.69, 9.17) is 4.74 Å². The molecule has 0 heterocycles. The molecule has 0 saturated heterocycles. The fraction of sp³-hybridized carbons (Fsp3) is 0.417. The summed E-state index contributed by atoms with van der Waals surface area (Å²) in [5.41, 5.74) is -0.00842. The van der Waals surface area contributed by atoms with Crippen molar-refractivity contribution in [3.8, 4) is 0 Å². The highest BCUT2D eigenvalue weighted by molar-refractivity contribution is 5.87. The number of hydrogen-bond donors (Lipinski definition) is 0. The number of rotatable bonds is 3. The molecular formula is C12H16O2. The lowest BCUT2D eigenvalue weighted by Crippen LogP contribution is -2.32. The van der Waals surface area contributed by atoms with Crippen LogP contribution in [-0.4, -0.2) is 11.6 Å². The highest BCUT2D eigenvalue weighted by atomic mass is 16.6. The number of ether oxygens (including phenoxy) is 1. The minimum absolute atomic E-state index is 0.313. The fourth-order valence-corrected chi connectivity index (χ4v) is 1.33. The van der Waals surface area contributed by atoms with Crippen LogP contribution >= 0.6 is 0 Å². The number of allylic oxidation sites excluding steroid dienone is 2. The Bertz CT molecular complexity index is 299. The molecule has 0 fully saturated rings. The molecule has 1 aliphatic rings. The van der Waals surface area contributed by atoms with Crippen molar-refractivity contribution in [3.63, 3.8) is 0 Å². The highest BCUT2D eigenvalue weighted by Gasteiger charge is 2.29. The summed E-state index contributed by atoms with van der Waals surface area (Å²) in [6.45, 7) is 7.24. The maximum atomic E-state index is 11.4. The first-order valence-electron chi connectivity index (χ1n) is 4.83. The molecule has 0 spiro atoms. The molecule has 0 amide bonds. The monoisotopic (exact) mass is 192 g/mol. The minimum Gasteiger partial charge on any atom is -0.451 e. The summed E-state index contributed by atoms with van der Waals surface area (Å²) in [5, 5.41) is 0. The Labute approximate surface area is 85.0 Å². The Morgan fingerprint density at radius 2 is 2.29 bits per heavy atom. The molecule has 0 aliphatic heterocycles. The fourth-order valence-electron chi connectivity index (χ4n) is 1.33. The van der Waals surface area contributed by atoms with Crippen LogP contribution in [0.15, 0.2) is 36.5 Å². The number of hydrogen-bond acceptors (Lipinski definition) is 2. The summed E-state index contributed by atoms with van der Waals surface area (Å²) < 4.78 is 5.41. The molecule has 14 heavy (non-hydrogen) atoms. The van der Waals surface area contributed by atoms with Crippen molar-refractivity contribution in [2.75, 3.05) is 0 Å². The van der Waals surface area contributed by atoms with Crippen molar-refractivity contribution in [2.45, 2.75) is 32.3 Å². The summed E-state index contributed by atoms with van der Waals surface area (Å²) in [6, 6.07) is 0. The summed E-state index contributed by atoms with van der Waals surface area (Å²) in [4.78, 5) is 11.4. The van der Waals surface area contributed by atoms with Gasteiger partial charge in [0.05, 0.1) is 0 Å². The van der Waals surface area contributed by atoms with E-state index in [-0.39, 0.29) is 5.97 Å². The van der Waals surface area contributed by atoms with E-state index in [2.05, 4.69) is 6.58 Å². The zero-order valence-electron chi connectivity index (χ0n) is 8.75. The first-order valence-corrected chi connectivity index (χ1v) is 4.83. The molecule has 0 bridgehead atoms. The van der Waals surface area contributed by atoms with Gasteiger partial charge in [-0.15, -0.1) is 0 Å².